The van der Waals surface area contributed by atoms with Crippen LogP contribution in [-0.2, 0) is 15.0 Å². The van der Waals surface area contributed by atoms with Crippen LogP contribution in [0.5, 0.6) is 0 Å². The second-order valence-corrected chi connectivity index (χ2v) is 13.4. The van der Waals surface area contributed by atoms with Gasteiger partial charge in [0.05, 0.1) is 27.6 Å². The highest BCUT2D eigenvalue weighted by Crippen LogP contribution is 2.57. The molecule has 2 aliphatic heterocycles. The molecule has 0 bridgehead atoms. The minimum Gasteiger partial charge on any atom is -0.393 e. The van der Waals surface area contributed by atoms with E-state index in [1.165, 1.54) is 18.2 Å². The molecule has 39 heavy (non-hydrogen) atoms. The number of hydrogen-bond donors (Lipinski definition) is 4. The van der Waals surface area contributed by atoms with Crippen LogP contribution >= 0.6 is 23.2 Å². The molecule has 2 unspecified atom stereocenters. The first-order valence-corrected chi connectivity index (χ1v) is 14.3. The molecule has 6 atom stereocenters. The number of nitrogens with one attached hydrogen (secondary N) is 3. The van der Waals surface area contributed by atoms with Crippen molar-refractivity contribution >= 4 is 40.7 Å². The van der Waals surface area contributed by atoms with E-state index in [-0.39, 0.29) is 33.5 Å². The zero-order valence-corrected chi connectivity index (χ0v) is 23.8. The minimum atomic E-state index is -1.65. The van der Waals surface area contributed by atoms with E-state index in [1.54, 1.807) is 12.2 Å². The lowest BCUT2D eigenvalue weighted by Gasteiger charge is -2.41. The van der Waals surface area contributed by atoms with Gasteiger partial charge in [0.25, 0.3) is 0 Å². The highest BCUT2D eigenvalue weighted by atomic mass is 35.5. The molecule has 2 heterocycles. The summed E-state index contributed by atoms with van der Waals surface area (Å²) in [5.41, 5.74) is -1.03. The molecule has 1 spiro atoms. The maximum atomic E-state index is 15.9. The Labute approximate surface area is 237 Å². The van der Waals surface area contributed by atoms with Crippen molar-refractivity contribution in [1.29, 1.82) is 0 Å². The summed E-state index contributed by atoms with van der Waals surface area (Å²) < 4.78 is 30.9. The Kier molecular flexibility index (Phi) is 7.63. The van der Waals surface area contributed by atoms with Crippen LogP contribution in [0, 0.1) is 23.1 Å². The summed E-state index contributed by atoms with van der Waals surface area (Å²) in [6, 6.07) is 0.906. The van der Waals surface area contributed by atoms with Crippen molar-refractivity contribution in [2.24, 2.45) is 17.3 Å². The molecule has 0 aromatic heterocycles. The fourth-order valence-corrected chi connectivity index (χ4v) is 7.41. The van der Waals surface area contributed by atoms with Crippen LogP contribution in [-0.4, -0.2) is 47.3 Å². The second-order valence-electron chi connectivity index (χ2n) is 12.6. The van der Waals surface area contributed by atoms with Crippen molar-refractivity contribution in [2.45, 2.75) is 88.7 Å². The number of aliphatic hydroxyl groups excluding tert-OH is 1. The number of aliphatic hydroxyl groups is 1. The van der Waals surface area contributed by atoms with Crippen molar-refractivity contribution in [3.8, 4) is 0 Å². The van der Waals surface area contributed by atoms with Crippen LogP contribution in [0.3, 0.4) is 0 Å². The summed E-state index contributed by atoms with van der Waals surface area (Å²) in [6.45, 7) is 6.06. The van der Waals surface area contributed by atoms with Crippen LogP contribution in [0.25, 0.3) is 0 Å². The van der Waals surface area contributed by atoms with Gasteiger partial charge in [0.15, 0.2) is 0 Å². The topological polar surface area (TPSA) is 90.5 Å². The van der Waals surface area contributed by atoms with Gasteiger partial charge >= 0.3 is 0 Å². The number of anilines is 1. The second kappa shape index (κ2) is 10.4. The van der Waals surface area contributed by atoms with Crippen LogP contribution in [0.4, 0.5) is 14.5 Å². The summed E-state index contributed by atoms with van der Waals surface area (Å²) in [4.78, 5) is 28.1. The van der Waals surface area contributed by atoms with Crippen molar-refractivity contribution in [3.05, 3.63) is 51.8 Å². The predicted molar refractivity (Wildman–Crippen MR) is 148 cm³/mol. The van der Waals surface area contributed by atoms with Crippen molar-refractivity contribution < 1.29 is 23.5 Å². The molecule has 2 aliphatic carbocycles. The molecule has 2 amide bonds. The third-order valence-electron chi connectivity index (χ3n) is 8.69. The Hall–Kier alpha value is -2.00. The van der Waals surface area contributed by atoms with E-state index in [4.69, 9.17) is 23.2 Å². The normalized spacial score (nSPS) is 36.1. The number of carbonyl (C=O) groups is 2. The molecule has 1 saturated carbocycles. The lowest BCUT2D eigenvalue weighted by Crippen LogP contribution is -2.54. The predicted octanol–water partition coefficient (Wildman–Crippen LogP) is 5.13. The Morgan fingerprint density at radius 3 is 2.56 bits per heavy atom. The third-order valence-corrected chi connectivity index (χ3v) is 9.32. The average Bonchev–Trinajstić information content (AvgIpc) is 3.32. The van der Waals surface area contributed by atoms with E-state index in [1.807, 2.05) is 20.8 Å². The molecular weight excluding hydrogens is 547 g/mol. The smallest absolute Gasteiger partial charge is 0.237 e. The number of rotatable bonds is 4. The van der Waals surface area contributed by atoms with E-state index < -0.39 is 47.2 Å². The molecule has 1 aromatic carbocycles. The van der Waals surface area contributed by atoms with Crippen molar-refractivity contribution in [3.63, 3.8) is 0 Å². The van der Waals surface area contributed by atoms with Crippen LogP contribution in [0.15, 0.2) is 35.4 Å². The molecule has 2 fully saturated rings. The summed E-state index contributed by atoms with van der Waals surface area (Å²) >= 11 is 12.4. The standard InChI is InChI=1S/C29H35Cl2F2N3O3/c1-28(2,3)13-22-29(17-11-20(32)19(31)12-21(17)35-27(29)39)23(16-5-4-6-18(30)24(16)33)25(36-22)26(38)34-14-7-9-15(37)10-8-14/h4-6,11-12,14-16,22-25,36-37H,7-10,13H2,1-3H3,(H,34,38)(H,35,39)/t14?,15?,16?,22-,23+,24?,25-,29+/m1/s1. The molecule has 6 nitrogen and oxygen atoms in total. The van der Waals surface area contributed by atoms with Crippen LogP contribution in [0.2, 0.25) is 5.02 Å². The highest BCUT2D eigenvalue weighted by Gasteiger charge is 2.67. The zero-order chi connectivity index (χ0) is 28.3. The van der Waals surface area contributed by atoms with E-state index in [0.717, 1.165) is 0 Å². The maximum absolute atomic E-state index is 15.9. The maximum Gasteiger partial charge on any atom is 0.237 e. The number of benzene rings is 1. The van der Waals surface area contributed by atoms with Gasteiger partial charge < -0.3 is 21.1 Å². The highest BCUT2D eigenvalue weighted by molar-refractivity contribution is 6.31. The number of fused-ring (bicyclic) bond motifs is 2. The monoisotopic (exact) mass is 581 g/mol. The number of halogens is 4. The Morgan fingerprint density at radius 1 is 1.21 bits per heavy atom. The summed E-state index contributed by atoms with van der Waals surface area (Å²) in [5.74, 6) is -3.32. The molecule has 1 saturated heterocycles. The van der Waals surface area contributed by atoms with Gasteiger partial charge in [-0.3, -0.25) is 9.59 Å². The van der Waals surface area contributed by atoms with Gasteiger partial charge in [0.2, 0.25) is 11.8 Å². The van der Waals surface area contributed by atoms with Gasteiger partial charge in [0.1, 0.15) is 12.0 Å². The van der Waals surface area contributed by atoms with Gasteiger partial charge in [-0.15, -0.1) is 0 Å². The fraction of sp³-hybridized carbons (Fsp3) is 0.586. The van der Waals surface area contributed by atoms with E-state index in [9.17, 15) is 19.1 Å². The molecule has 212 valence electrons. The number of allylic oxidation sites excluding steroid dienone is 4. The zero-order valence-electron chi connectivity index (χ0n) is 22.2. The molecule has 4 N–H and O–H groups in total. The van der Waals surface area contributed by atoms with Crippen molar-refractivity contribution in [2.75, 3.05) is 5.32 Å². The van der Waals surface area contributed by atoms with Crippen molar-refractivity contribution in [1.82, 2.24) is 10.6 Å². The largest absolute Gasteiger partial charge is 0.393 e. The SMILES string of the molecule is CC(C)(C)C[C@H]1N[C@@H](C(=O)NC2CCC(O)CC2)[C@H](C2C=CC=C(Cl)C2F)[C@@]12C(=O)Nc1cc(Cl)c(F)cc12. The molecular formula is C29H35Cl2F2N3O3. The Bertz CT molecular complexity index is 1220. The van der Waals surface area contributed by atoms with Gasteiger partial charge in [-0.2, -0.15) is 0 Å². The van der Waals surface area contributed by atoms with E-state index in [2.05, 4.69) is 16.0 Å². The molecule has 1 aromatic rings. The summed E-state index contributed by atoms with van der Waals surface area (Å²) in [5, 5.41) is 19.1. The molecule has 10 heteroatoms. The van der Waals surface area contributed by atoms with Crippen LogP contribution in [0.1, 0.15) is 58.4 Å². The van der Waals surface area contributed by atoms with E-state index in [0.29, 0.717) is 43.4 Å². The molecule has 0 radical (unpaired) electrons. The summed E-state index contributed by atoms with van der Waals surface area (Å²) in [6.07, 6.45) is 5.59. The minimum absolute atomic E-state index is 0.0155. The van der Waals surface area contributed by atoms with Gasteiger partial charge in [0, 0.05) is 29.6 Å². The molecule has 5 rings (SSSR count). The quantitative estimate of drug-likeness (QED) is 0.397. The van der Waals surface area contributed by atoms with Gasteiger partial charge in [-0.1, -0.05) is 56.1 Å². The third kappa shape index (κ3) is 5.03. The van der Waals surface area contributed by atoms with Gasteiger partial charge in [-0.25, -0.2) is 8.78 Å². The number of amides is 2. The Morgan fingerprint density at radius 2 is 1.90 bits per heavy atom. The van der Waals surface area contributed by atoms with Gasteiger partial charge in [-0.05, 0) is 61.3 Å². The average molecular weight is 583 g/mol. The lowest BCUT2D eigenvalue weighted by atomic mass is 9.59. The Balaban J connectivity index is 1.65. The first-order valence-electron chi connectivity index (χ1n) is 13.6. The number of alkyl halides is 1. The van der Waals surface area contributed by atoms with Crippen LogP contribution < -0.4 is 16.0 Å². The number of hydrogen-bond acceptors (Lipinski definition) is 4. The first kappa shape index (κ1) is 28.5. The lowest BCUT2D eigenvalue weighted by molar-refractivity contribution is -0.127. The number of carbonyl (C=O) groups excluding carboxylic acids is 2. The fourth-order valence-electron chi connectivity index (χ4n) is 7.02. The molecule has 4 aliphatic rings. The first-order chi connectivity index (χ1) is 18.3. The summed E-state index contributed by atoms with van der Waals surface area (Å²) in [7, 11) is 0. The van der Waals surface area contributed by atoms with E-state index >= 15 is 4.39 Å².